The maximum Gasteiger partial charge on any atom is 0.450 e. The van der Waals surface area contributed by atoms with Crippen molar-refractivity contribution in [3.63, 3.8) is 0 Å². The molecule has 1 heterocycles. The van der Waals surface area contributed by atoms with E-state index in [1.807, 2.05) is 24.3 Å². The second-order valence-electron chi connectivity index (χ2n) is 5.03. The number of hydrogen-bond acceptors (Lipinski definition) is 4. The van der Waals surface area contributed by atoms with Crippen LogP contribution in [0.3, 0.4) is 0 Å². The van der Waals surface area contributed by atoms with Crippen LogP contribution in [-0.2, 0) is 11.2 Å². The van der Waals surface area contributed by atoms with Crippen molar-refractivity contribution in [2.75, 3.05) is 0 Å². The molecule has 0 bridgehead atoms. The lowest BCUT2D eigenvalue weighted by Crippen LogP contribution is -2.28. The summed E-state index contributed by atoms with van der Waals surface area (Å²) in [5, 5.41) is 3.72. The van der Waals surface area contributed by atoms with Crippen LogP contribution in [0.2, 0.25) is 0 Å². The highest BCUT2D eigenvalue weighted by Gasteiger charge is 2.44. The number of aromatic nitrogens is 2. The van der Waals surface area contributed by atoms with E-state index in [4.69, 9.17) is 4.52 Å². The zero-order valence-corrected chi connectivity index (χ0v) is 11.0. The molecule has 21 heavy (non-hydrogen) atoms. The Morgan fingerprint density at radius 2 is 2.10 bits per heavy atom. The fourth-order valence-electron chi connectivity index (χ4n) is 2.41. The summed E-state index contributed by atoms with van der Waals surface area (Å²) in [4.78, 5) is 15.1. The predicted octanol–water partition coefficient (Wildman–Crippen LogP) is 2.99. The molecule has 0 amide bonds. The number of halogens is 3. The quantitative estimate of drug-likeness (QED) is 0.873. The fraction of sp³-hybridized carbons (Fsp3) is 0.357. The van der Waals surface area contributed by atoms with E-state index in [0.29, 0.717) is 5.82 Å². The Kier molecular flexibility index (Phi) is 3.07. The third kappa shape index (κ3) is 2.32. The van der Waals surface area contributed by atoms with Crippen LogP contribution >= 0.6 is 0 Å². The smallest absolute Gasteiger partial charge is 0.339 e. The standard InChI is InChI=1S/C14H11F3N2O2/c1-7(11(20)14(15,16)17)13-18-12(19-21-13)10-6-8-4-2-3-5-9(8)10/h2-5,7,10H,6H2,1H3. The number of rotatable bonds is 3. The van der Waals surface area contributed by atoms with Gasteiger partial charge in [0.1, 0.15) is 5.92 Å². The third-order valence-electron chi connectivity index (χ3n) is 3.67. The van der Waals surface area contributed by atoms with Gasteiger partial charge in [0.15, 0.2) is 5.82 Å². The zero-order valence-electron chi connectivity index (χ0n) is 11.0. The van der Waals surface area contributed by atoms with E-state index in [2.05, 4.69) is 10.1 Å². The summed E-state index contributed by atoms with van der Waals surface area (Å²) in [6.45, 7) is 1.11. The summed E-state index contributed by atoms with van der Waals surface area (Å²) < 4.78 is 42.0. The number of Topliss-reactive ketones (excluding diaryl/α,β-unsaturated/α-hetero) is 1. The van der Waals surface area contributed by atoms with E-state index < -0.39 is 17.9 Å². The molecule has 2 unspecified atom stereocenters. The number of carbonyl (C=O) groups is 1. The van der Waals surface area contributed by atoms with Gasteiger partial charge in [0.05, 0.1) is 5.92 Å². The average molecular weight is 296 g/mol. The van der Waals surface area contributed by atoms with Gasteiger partial charge in [-0.05, 0) is 24.5 Å². The molecule has 4 nitrogen and oxygen atoms in total. The van der Waals surface area contributed by atoms with Crippen molar-refractivity contribution in [1.29, 1.82) is 0 Å². The summed E-state index contributed by atoms with van der Waals surface area (Å²) in [7, 11) is 0. The topological polar surface area (TPSA) is 56.0 Å². The first-order chi connectivity index (χ1) is 9.88. The first kappa shape index (κ1) is 13.8. The zero-order chi connectivity index (χ0) is 15.2. The molecule has 2 aromatic rings. The molecule has 7 heteroatoms. The van der Waals surface area contributed by atoms with Gasteiger partial charge in [-0.15, -0.1) is 0 Å². The van der Waals surface area contributed by atoms with Gasteiger partial charge >= 0.3 is 6.18 Å². The first-order valence-electron chi connectivity index (χ1n) is 6.40. The lowest BCUT2D eigenvalue weighted by molar-refractivity contribution is -0.172. The van der Waals surface area contributed by atoms with Crippen LogP contribution in [0.4, 0.5) is 13.2 Å². The molecule has 2 atom stereocenters. The summed E-state index contributed by atoms with van der Waals surface area (Å²) in [5.74, 6) is -3.41. The van der Waals surface area contributed by atoms with Gasteiger partial charge in [0, 0.05) is 0 Å². The van der Waals surface area contributed by atoms with Gasteiger partial charge in [-0.25, -0.2) is 0 Å². The molecule has 1 aromatic heterocycles. The second-order valence-corrected chi connectivity index (χ2v) is 5.03. The Balaban J connectivity index is 1.81. The number of carbonyl (C=O) groups excluding carboxylic acids is 1. The molecule has 0 spiro atoms. The van der Waals surface area contributed by atoms with E-state index in [0.717, 1.165) is 24.5 Å². The van der Waals surface area contributed by atoms with Crippen LogP contribution in [-0.4, -0.2) is 22.1 Å². The van der Waals surface area contributed by atoms with Crippen LogP contribution in [0.15, 0.2) is 28.8 Å². The van der Waals surface area contributed by atoms with Crippen molar-refractivity contribution in [3.05, 3.63) is 47.1 Å². The highest BCUT2D eigenvalue weighted by Crippen LogP contribution is 2.39. The first-order valence-corrected chi connectivity index (χ1v) is 6.40. The summed E-state index contributed by atoms with van der Waals surface area (Å²) in [5.41, 5.74) is 2.20. The fourth-order valence-corrected chi connectivity index (χ4v) is 2.41. The molecule has 0 saturated heterocycles. The summed E-state index contributed by atoms with van der Waals surface area (Å²) in [6, 6.07) is 7.69. The van der Waals surface area contributed by atoms with E-state index in [9.17, 15) is 18.0 Å². The molecule has 110 valence electrons. The minimum atomic E-state index is -4.91. The summed E-state index contributed by atoms with van der Waals surface area (Å²) in [6.07, 6.45) is -4.19. The lowest BCUT2D eigenvalue weighted by Gasteiger charge is -2.27. The maximum absolute atomic E-state index is 12.4. The van der Waals surface area contributed by atoms with Gasteiger partial charge < -0.3 is 4.52 Å². The van der Waals surface area contributed by atoms with Crippen molar-refractivity contribution in [2.45, 2.75) is 31.4 Å². The number of fused-ring (bicyclic) bond motifs is 1. The van der Waals surface area contributed by atoms with Gasteiger partial charge in [0.25, 0.3) is 0 Å². The van der Waals surface area contributed by atoms with Crippen LogP contribution in [0, 0.1) is 0 Å². The molecular weight excluding hydrogens is 285 g/mol. The van der Waals surface area contributed by atoms with Crippen molar-refractivity contribution < 1.29 is 22.5 Å². The summed E-state index contributed by atoms with van der Waals surface area (Å²) >= 11 is 0. The van der Waals surface area contributed by atoms with Crippen LogP contribution in [0.1, 0.15) is 41.6 Å². The third-order valence-corrected chi connectivity index (χ3v) is 3.67. The van der Waals surface area contributed by atoms with Crippen molar-refractivity contribution in [3.8, 4) is 0 Å². The molecule has 0 aliphatic heterocycles. The van der Waals surface area contributed by atoms with Gasteiger partial charge in [-0.3, -0.25) is 4.79 Å². The Labute approximate surface area is 118 Å². The van der Waals surface area contributed by atoms with E-state index >= 15 is 0 Å². The molecule has 0 N–H and O–H groups in total. The highest BCUT2D eigenvalue weighted by molar-refractivity contribution is 5.89. The van der Waals surface area contributed by atoms with Gasteiger partial charge in [-0.2, -0.15) is 18.2 Å². The minimum Gasteiger partial charge on any atom is -0.339 e. The molecule has 0 saturated carbocycles. The van der Waals surface area contributed by atoms with Gasteiger partial charge in [-0.1, -0.05) is 29.4 Å². The molecule has 0 fully saturated rings. The monoisotopic (exact) mass is 296 g/mol. The van der Waals surface area contributed by atoms with E-state index in [1.165, 1.54) is 0 Å². The Hall–Kier alpha value is -2.18. The molecular formula is C14H11F3N2O2. The normalized spacial score (nSPS) is 18.8. The van der Waals surface area contributed by atoms with Crippen LogP contribution in [0.5, 0.6) is 0 Å². The Morgan fingerprint density at radius 3 is 2.76 bits per heavy atom. The number of hydrogen-bond donors (Lipinski definition) is 0. The maximum atomic E-state index is 12.4. The van der Waals surface area contributed by atoms with Crippen molar-refractivity contribution >= 4 is 5.78 Å². The Morgan fingerprint density at radius 1 is 1.38 bits per heavy atom. The Bertz CT molecular complexity index is 694. The number of ketones is 1. The largest absolute Gasteiger partial charge is 0.450 e. The molecule has 3 rings (SSSR count). The lowest BCUT2D eigenvalue weighted by atomic mass is 9.77. The highest BCUT2D eigenvalue weighted by atomic mass is 19.4. The van der Waals surface area contributed by atoms with Crippen molar-refractivity contribution in [1.82, 2.24) is 10.1 Å². The molecule has 1 aliphatic rings. The minimum absolute atomic E-state index is 0.0770. The number of benzene rings is 1. The van der Waals surface area contributed by atoms with E-state index in [-0.39, 0.29) is 11.8 Å². The van der Waals surface area contributed by atoms with Crippen LogP contribution < -0.4 is 0 Å². The second kappa shape index (κ2) is 4.68. The number of nitrogens with zero attached hydrogens (tertiary/aromatic N) is 2. The van der Waals surface area contributed by atoms with Gasteiger partial charge in [0.2, 0.25) is 11.7 Å². The molecule has 1 aliphatic carbocycles. The average Bonchev–Trinajstić information content (AvgIpc) is 2.86. The molecule has 1 aromatic carbocycles. The number of alkyl halides is 3. The van der Waals surface area contributed by atoms with Crippen molar-refractivity contribution in [2.24, 2.45) is 0 Å². The van der Waals surface area contributed by atoms with E-state index in [1.54, 1.807) is 0 Å². The SMILES string of the molecule is CC(C(=O)C(F)(F)F)c1nc(C2Cc3ccccc32)no1. The van der Waals surface area contributed by atoms with Crippen LogP contribution in [0.25, 0.3) is 0 Å². The predicted molar refractivity (Wildman–Crippen MR) is 65.8 cm³/mol. The molecule has 0 radical (unpaired) electrons.